The average molecular weight is 278 g/mol. The molecule has 106 valence electrons. The third-order valence-electron chi connectivity index (χ3n) is 2.67. The van der Waals surface area contributed by atoms with Gasteiger partial charge in [-0.3, -0.25) is 0 Å². The SMILES string of the molecule is COc1ccc(CC(NC(=O)O)c2noc(N)n2)cc1. The summed E-state index contributed by atoms with van der Waals surface area (Å²) in [6.45, 7) is 0. The highest BCUT2D eigenvalue weighted by Crippen LogP contribution is 2.19. The van der Waals surface area contributed by atoms with Gasteiger partial charge in [0.15, 0.2) is 5.82 Å². The lowest BCUT2D eigenvalue weighted by Gasteiger charge is -2.13. The number of rotatable bonds is 5. The van der Waals surface area contributed by atoms with Crippen molar-refractivity contribution in [1.82, 2.24) is 15.5 Å². The first-order chi connectivity index (χ1) is 9.58. The van der Waals surface area contributed by atoms with Gasteiger partial charge < -0.3 is 25.4 Å². The van der Waals surface area contributed by atoms with E-state index in [2.05, 4.69) is 20.0 Å². The molecule has 1 heterocycles. The second-order valence-corrected chi connectivity index (χ2v) is 4.05. The molecule has 20 heavy (non-hydrogen) atoms. The number of aromatic nitrogens is 2. The summed E-state index contributed by atoms with van der Waals surface area (Å²) in [7, 11) is 1.58. The summed E-state index contributed by atoms with van der Waals surface area (Å²) < 4.78 is 9.73. The van der Waals surface area contributed by atoms with Crippen molar-refractivity contribution in [2.24, 2.45) is 0 Å². The number of carbonyl (C=O) groups is 1. The average Bonchev–Trinajstić information content (AvgIpc) is 2.85. The fourth-order valence-electron chi connectivity index (χ4n) is 1.74. The summed E-state index contributed by atoms with van der Waals surface area (Å²) in [5.41, 5.74) is 6.24. The summed E-state index contributed by atoms with van der Waals surface area (Å²) in [4.78, 5) is 14.7. The summed E-state index contributed by atoms with van der Waals surface area (Å²) in [6.07, 6.45) is -0.804. The van der Waals surface area contributed by atoms with E-state index in [9.17, 15) is 4.79 Å². The first kappa shape index (κ1) is 13.7. The maximum atomic E-state index is 10.8. The van der Waals surface area contributed by atoms with Gasteiger partial charge in [-0.2, -0.15) is 4.98 Å². The maximum absolute atomic E-state index is 10.8. The number of hydrogen-bond acceptors (Lipinski definition) is 6. The van der Waals surface area contributed by atoms with Crippen LogP contribution >= 0.6 is 0 Å². The highest BCUT2D eigenvalue weighted by Gasteiger charge is 2.20. The van der Waals surface area contributed by atoms with Gasteiger partial charge in [0.25, 0.3) is 0 Å². The predicted molar refractivity (Wildman–Crippen MR) is 69.3 cm³/mol. The van der Waals surface area contributed by atoms with Gasteiger partial charge in [0, 0.05) is 6.42 Å². The molecule has 0 bridgehead atoms. The molecule has 0 saturated carbocycles. The largest absolute Gasteiger partial charge is 0.497 e. The number of nitrogens with zero attached hydrogens (tertiary/aromatic N) is 2. The lowest BCUT2D eigenvalue weighted by Crippen LogP contribution is -2.29. The number of benzene rings is 1. The van der Waals surface area contributed by atoms with Crippen LogP contribution in [0.4, 0.5) is 10.8 Å². The molecule has 1 aromatic carbocycles. The van der Waals surface area contributed by atoms with E-state index >= 15 is 0 Å². The van der Waals surface area contributed by atoms with Crippen LogP contribution in [0.1, 0.15) is 17.4 Å². The van der Waals surface area contributed by atoms with E-state index in [-0.39, 0.29) is 11.8 Å². The molecule has 2 aromatic rings. The number of nitrogens with one attached hydrogen (secondary N) is 1. The topological polar surface area (TPSA) is 124 Å². The minimum absolute atomic E-state index is 0.105. The van der Waals surface area contributed by atoms with Crippen LogP contribution < -0.4 is 15.8 Å². The van der Waals surface area contributed by atoms with Crippen molar-refractivity contribution in [2.45, 2.75) is 12.5 Å². The van der Waals surface area contributed by atoms with E-state index in [1.165, 1.54) is 0 Å². The van der Waals surface area contributed by atoms with E-state index in [0.29, 0.717) is 6.42 Å². The third-order valence-corrected chi connectivity index (χ3v) is 2.67. The van der Waals surface area contributed by atoms with E-state index in [0.717, 1.165) is 11.3 Å². The third kappa shape index (κ3) is 3.37. The monoisotopic (exact) mass is 278 g/mol. The quantitative estimate of drug-likeness (QED) is 0.750. The van der Waals surface area contributed by atoms with E-state index in [4.69, 9.17) is 15.6 Å². The zero-order valence-electron chi connectivity index (χ0n) is 10.7. The second kappa shape index (κ2) is 5.91. The van der Waals surface area contributed by atoms with E-state index in [1.807, 2.05) is 12.1 Å². The molecule has 8 heteroatoms. The van der Waals surface area contributed by atoms with Crippen molar-refractivity contribution in [3.05, 3.63) is 35.7 Å². The van der Waals surface area contributed by atoms with Gasteiger partial charge in [0.2, 0.25) is 0 Å². The Morgan fingerprint density at radius 3 is 2.70 bits per heavy atom. The molecule has 0 spiro atoms. The van der Waals surface area contributed by atoms with E-state index in [1.54, 1.807) is 19.2 Å². The fourth-order valence-corrected chi connectivity index (χ4v) is 1.74. The van der Waals surface area contributed by atoms with Gasteiger partial charge in [-0.25, -0.2) is 4.79 Å². The molecule has 0 radical (unpaired) electrons. The summed E-state index contributed by atoms with van der Waals surface area (Å²) in [6, 6.07) is 6.50. The molecule has 2 rings (SSSR count). The van der Waals surface area contributed by atoms with Gasteiger partial charge in [-0.05, 0) is 17.7 Å². The molecule has 1 aromatic heterocycles. The zero-order valence-corrected chi connectivity index (χ0v) is 10.7. The Bertz CT molecular complexity index is 581. The summed E-state index contributed by atoms with van der Waals surface area (Å²) >= 11 is 0. The first-order valence-corrected chi connectivity index (χ1v) is 5.80. The van der Waals surface area contributed by atoms with Crippen LogP contribution in [-0.4, -0.2) is 28.5 Å². The molecule has 1 atom stereocenters. The summed E-state index contributed by atoms with van der Waals surface area (Å²) in [5.74, 6) is 0.918. The number of nitrogen functional groups attached to an aromatic ring is 1. The second-order valence-electron chi connectivity index (χ2n) is 4.05. The molecule has 0 aliphatic rings. The Morgan fingerprint density at radius 1 is 1.50 bits per heavy atom. The number of ether oxygens (including phenoxy) is 1. The number of amides is 1. The minimum atomic E-state index is -1.17. The van der Waals surface area contributed by atoms with Crippen molar-refractivity contribution in [2.75, 3.05) is 12.8 Å². The summed E-state index contributed by atoms with van der Waals surface area (Å²) in [5, 5.41) is 14.8. The standard InChI is InChI=1S/C12H14N4O4/c1-19-8-4-2-7(3-5-8)6-9(14-12(17)18)10-15-11(13)20-16-10/h2-5,9,14H,6H2,1H3,(H,17,18)(H2,13,15,16). The molecule has 0 saturated heterocycles. The number of methoxy groups -OCH3 is 1. The van der Waals surface area contributed by atoms with Crippen LogP contribution in [0.15, 0.2) is 28.8 Å². The van der Waals surface area contributed by atoms with Crippen molar-refractivity contribution in [1.29, 1.82) is 0 Å². The number of hydrogen-bond donors (Lipinski definition) is 3. The molecule has 1 unspecified atom stereocenters. The van der Waals surface area contributed by atoms with Gasteiger partial charge >= 0.3 is 12.1 Å². The molecule has 0 aliphatic carbocycles. The van der Waals surface area contributed by atoms with Crippen molar-refractivity contribution < 1.29 is 19.2 Å². The van der Waals surface area contributed by atoms with Crippen LogP contribution in [0.5, 0.6) is 5.75 Å². The normalized spacial score (nSPS) is 11.8. The molecule has 4 N–H and O–H groups in total. The Morgan fingerprint density at radius 2 is 2.20 bits per heavy atom. The molecule has 0 fully saturated rings. The van der Waals surface area contributed by atoms with Crippen LogP contribution in [-0.2, 0) is 6.42 Å². The smallest absolute Gasteiger partial charge is 0.405 e. The lowest BCUT2D eigenvalue weighted by molar-refractivity contribution is 0.189. The first-order valence-electron chi connectivity index (χ1n) is 5.80. The van der Waals surface area contributed by atoms with Gasteiger partial charge in [0.05, 0.1) is 13.2 Å². The van der Waals surface area contributed by atoms with Gasteiger partial charge in [-0.1, -0.05) is 17.3 Å². The molecule has 1 amide bonds. The number of anilines is 1. The fraction of sp³-hybridized carbons (Fsp3) is 0.250. The van der Waals surface area contributed by atoms with Crippen molar-refractivity contribution in [3.8, 4) is 5.75 Å². The highest BCUT2D eigenvalue weighted by atomic mass is 16.5. The highest BCUT2D eigenvalue weighted by molar-refractivity contribution is 5.65. The van der Waals surface area contributed by atoms with Crippen LogP contribution in [0.25, 0.3) is 0 Å². The Kier molecular flexibility index (Phi) is 4.04. The lowest BCUT2D eigenvalue weighted by atomic mass is 10.1. The molecule has 8 nitrogen and oxygen atoms in total. The van der Waals surface area contributed by atoms with Crippen LogP contribution in [0, 0.1) is 0 Å². The molecular formula is C12H14N4O4. The Balaban J connectivity index is 2.16. The van der Waals surface area contributed by atoms with Crippen molar-refractivity contribution >= 4 is 12.1 Å². The maximum Gasteiger partial charge on any atom is 0.405 e. The van der Waals surface area contributed by atoms with Crippen molar-refractivity contribution in [3.63, 3.8) is 0 Å². The minimum Gasteiger partial charge on any atom is -0.497 e. The van der Waals surface area contributed by atoms with Crippen LogP contribution in [0.3, 0.4) is 0 Å². The molecule has 0 aliphatic heterocycles. The van der Waals surface area contributed by atoms with Crippen LogP contribution in [0.2, 0.25) is 0 Å². The van der Waals surface area contributed by atoms with Gasteiger partial charge in [-0.15, -0.1) is 0 Å². The van der Waals surface area contributed by atoms with Gasteiger partial charge in [0.1, 0.15) is 5.75 Å². The Labute approximate surface area is 114 Å². The predicted octanol–water partition coefficient (Wildman–Crippen LogP) is 1.21. The van der Waals surface area contributed by atoms with E-state index < -0.39 is 12.1 Å². The zero-order chi connectivity index (χ0) is 14.5. The Hall–Kier alpha value is -2.77. The molecular weight excluding hydrogens is 264 g/mol. The number of carboxylic acid groups (broad SMARTS) is 1. The number of nitrogens with two attached hydrogens (primary N) is 1.